The Bertz CT molecular complexity index is 817. The van der Waals surface area contributed by atoms with Crippen LogP contribution in [0.15, 0.2) is 48.5 Å². The second-order valence-corrected chi connectivity index (χ2v) is 7.20. The number of para-hydroxylation sites is 1. The first-order chi connectivity index (χ1) is 13.0. The number of halogens is 1. The number of hydrogen-bond acceptors (Lipinski definition) is 3. The minimum Gasteiger partial charge on any atom is -0.340 e. The molecule has 1 aliphatic heterocycles. The van der Waals surface area contributed by atoms with E-state index in [0.29, 0.717) is 49.9 Å². The molecule has 0 saturated carbocycles. The summed E-state index contributed by atoms with van der Waals surface area (Å²) in [5, 5.41) is 3.36. The molecule has 2 amide bonds. The van der Waals surface area contributed by atoms with Crippen molar-refractivity contribution < 1.29 is 9.59 Å². The second-order valence-electron chi connectivity index (χ2n) is 6.79. The highest BCUT2D eigenvalue weighted by Gasteiger charge is 2.23. The molecule has 1 saturated heterocycles. The fourth-order valence-electron chi connectivity index (χ4n) is 3.19. The molecule has 1 heterocycles. The third-order valence-corrected chi connectivity index (χ3v) is 5.17. The number of carbonyl (C=O) groups excluding carboxylic acids is 2. The summed E-state index contributed by atoms with van der Waals surface area (Å²) in [5.74, 6) is 0.0484. The standard InChI is InChI=1S/C21H24ClN3O2/c1-16-6-2-3-7-17(16)14-21(27)25-12-10-24(11-13-25)15-20(26)23-19-9-5-4-8-18(19)22/h2-9H,10-15H2,1H3,(H,23,26). The van der Waals surface area contributed by atoms with Crippen molar-refractivity contribution in [1.82, 2.24) is 9.80 Å². The van der Waals surface area contributed by atoms with Crippen LogP contribution in [-0.4, -0.2) is 54.3 Å². The molecule has 0 spiro atoms. The fourth-order valence-corrected chi connectivity index (χ4v) is 3.38. The Morgan fingerprint density at radius 3 is 2.37 bits per heavy atom. The summed E-state index contributed by atoms with van der Waals surface area (Å²) in [6.45, 7) is 4.99. The number of rotatable bonds is 5. The number of anilines is 1. The number of nitrogens with zero attached hydrogens (tertiary/aromatic N) is 2. The number of carbonyl (C=O) groups is 2. The lowest BCUT2D eigenvalue weighted by Gasteiger charge is -2.34. The number of hydrogen-bond donors (Lipinski definition) is 1. The van der Waals surface area contributed by atoms with Crippen molar-refractivity contribution in [3.63, 3.8) is 0 Å². The number of nitrogens with one attached hydrogen (secondary N) is 1. The molecule has 0 atom stereocenters. The highest BCUT2D eigenvalue weighted by molar-refractivity contribution is 6.33. The van der Waals surface area contributed by atoms with Crippen molar-refractivity contribution in [2.45, 2.75) is 13.3 Å². The highest BCUT2D eigenvalue weighted by Crippen LogP contribution is 2.20. The molecule has 0 aromatic heterocycles. The summed E-state index contributed by atoms with van der Waals surface area (Å²) in [7, 11) is 0. The molecule has 1 aliphatic rings. The van der Waals surface area contributed by atoms with Gasteiger partial charge >= 0.3 is 0 Å². The van der Waals surface area contributed by atoms with Crippen LogP contribution in [0.25, 0.3) is 0 Å². The van der Waals surface area contributed by atoms with Crippen LogP contribution in [0.5, 0.6) is 0 Å². The third-order valence-electron chi connectivity index (χ3n) is 4.84. The van der Waals surface area contributed by atoms with Gasteiger partial charge in [-0.15, -0.1) is 0 Å². The maximum atomic E-state index is 12.5. The smallest absolute Gasteiger partial charge is 0.238 e. The van der Waals surface area contributed by atoms with Crippen LogP contribution in [0.4, 0.5) is 5.69 Å². The van der Waals surface area contributed by atoms with Crippen LogP contribution in [0.3, 0.4) is 0 Å². The predicted octanol–water partition coefficient (Wildman–Crippen LogP) is 2.97. The zero-order valence-corrected chi connectivity index (χ0v) is 16.2. The molecular formula is C21H24ClN3O2. The maximum absolute atomic E-state index is 12.5. The zero-order valence-electron chi connectivity index (χ0n) is 15.5. The molecule has 5 nitrogen and oxygen atoms in total. The van der Waals surface area contributed by atoms with Crippen LogP contribution in [0, 0.1) is 6.92 Å². The Labute approximate surface area is 164 Å². The molecule has 0 aliphatic carbocycles. The molecule has 27 heavy (non-hydrogen) atoms. The SMILES string of the molecule is Cc1ccccc1CC(=O)N1CCN(CC(=O)Nc2ccccc2Cl)CC1. The Morgan fingerprint density at radius 2 is 1.67 bits per heavy atom. The van der Waals surface area contributed by atoms with E-state index >= 15 is 0 Å². The lowest BCUT2D eigenvalue weighted by Crippen LogP contribution is -2.50. The lowest BCUT2D eigenvalue weighted by molar-refractivity contribution is -0.132. The highest BCUT2D eigenvalue weighted by atomic mass is 35.5. The van der Waals surface area contributed by atoms with Gasteiger partial charge in [-0.1, -0.05) is 48.0 Å². The van der Waals surface area contributed by atoms with Crippen LogP contribution in [0.1, 0.15) is 11.1 Å². The molecule has 1 N–H and O–H groups in total. The molecule has 2 aromatic carbocycles. The van der Waals surface area contributed by atoms with Crippen LogP contribution < -0.4 is 5.32 Å². The van der Waals surface area contributed by atoms with E-state index in [1.807, 2.05) is 48.2 Å². The van der Waals surface area contributed by atoms with Crippen molar-refractivity contribution in [3.8, 4) is 0 Å². The molecule has 0 unspecified atom stereocenters. The Balaban J connectivity index is 1.46. The van der Waals surface area contributed by atoms with E-state index in [1.165, 1.54) is 0 Å². The average Bonchev–Trinajstić information content (AvgIpc) is 2.66. The third kappa shape index (κ3) is 5.31. The van der Waals surface area contributed by atoms with E-state index in [2.05, 4.69) is 10.2 Å². The van der Waals surface area contributed by atoms with Gasteiger partial charge in [-0.2, -0.15) is 0 Å². The van der Waals surface area contributed by atoms with E-state index < -0.39 is 0 Å². The molecule has 3 rings (SSSR count). The summed E-state index contributed by atoms with van der Waals surface area (Å²) < 4.78 is 0. The largest absolute Gasteiger partial charge is 0.340 e. The Kier molecular flexibility index (Phi) is 6.48. The Morgan fingerprint density at radius 1 is 1.00 bits per heavy atom. The van der Waals surface area contributed by atoms with Gasteiger partial charge in [0.2, 0.25) is 11.8 Å². The zero-order chi connectivity index (χ0) is 19.2. The van der Waals surface area contributed by atoms with Crippen molar-refractivity contribution in [1.29, 1.82) is 0 Å². The van der Waals surface area contributed by atoms with Crippen LogP contribution in [-0.2, 0) is 16.0 Å². The first-order valence-corrected chi connectivity index (χ1v) is 9.50. The van der Waals surface area contributed by atoms with Gasteiger partial charge in [0.05, 0.1) is 23.7 Å². The number of piperazine rings is 1. The molecular weight excluding hydrogens is 362 g/mol. The maximum Gasteiger partial charge on any atom is 0.238 e. The van der Waals surface area contributed by atoms with E-state index in [0.717, 1.165) is 11.1 Å². The minimum absolute atomic E-state index is 0.0946. The van der Waals surface area contributed by atoms with Gasteiger partial charge in [0.15, 0.2) is 0 Å². The molecule has 2 aromatic rings. The predicted molar refractivity (Wildman–Crippen MR) is 108 cm³/mol. The molecule has 1 fully saturated rings. The topological polar surface area (TPSA) is 52.7 Å². The summed E-state index contributed by atoms with van der Waals surface area (Å²) in [6, 6.07) is 15.2. The van der Waals surface area contributed by atoms with Gasteiger partial charge in [-0.3, -0.25) is 14.5 Å². The van der Waals surface area contributed by atoms with Gasteiger partial charge in [0, 0.05) is 26.2 Å². The van der Waals surface area contributed by atoms with Gasteiger partial charge in [0.1, 0.15) is 0 Å². The number of aryl methyl sites for hydroxylation is 1. The first-order valence-electron chi connectivity index (χ1n) is 9.12. The number of benzene rings is 2. The quantitative estimate of drug-likeness (QED) is 0.860. The van der Waals surface area contributed by atoms with Crippen molar-refractivity contribution >= 4 is 29.1 Å². The van der Waals surface area contributed by atoms with Gasteiger partial charge in [-0.05, 0) is 30.2 Å². The first kappa shape index (κ1) is 19.4. The van der Waals surface area contributed by atoms with E-state index in [-0.39, 0.29) is 11.8 Å². The van der Waals surface area contributed by atoms with E-state index in [9.17, 15) is 9.59 Å². The van der Waals surface area contributed by atoms with Crippen molar-refractivity contribution in [3.05, 3.63) is 64.7 Å². The van der Waals surface area contributed by atoms with Crippen LogP contribution in [0.2, 0.25) is 5.02 Å². The summed E-state index contributed by atoms with van der Waals surface area (Å²) >= 11 is 6.07. The minimum atomic E-state index is -0.0946. The number of amides is 2. The summed E-state index contributed by atoms with van der Waals surface area (Å²) in [4.78, 5) is 28.7. The van der Waals surface area contributed by atoms with Gasteiger partial charge < -0.3 is 10.2 Å². The molecule has 142 valence electrons. The summed E-state index contributed by atoms with van der Waals surface area (Å²) in [6.07, 6.45) is 0.430. The molecule has 0 radical (unpaired) electrons. The fraction of sp³-hybridized carbons (Fsp3) is 0.333. The Hall–Kier alpha value is -2.37. The van der Waals surface area contributed by atoms with Gasteiger partial charge in [0.25, 0.3) is 0 Å². The van der Waals surface area contributed by atoms with Crippen molar-refractivity contribution in [2.75, 3.05) is 38.0 Å². The van der Waals surface area contributed by atoms with Gasteiger partial charge in [-0.25, -0.2) is 0 Å². The normalized spacial score (nSPS) is 14.8. The average molecular weight is 386 g/mol. The van der Waals surface area contributed by atoms with E-state index in [1.54, 1.807) is 12.1 Å². The van der Waals surface area contributed by atoms with Crippen molar-refractivity contribution in [2.24, 2.45) is 0 Å². The second kappa shape index (κ2) is 9.02. The van der Waals surface area contributed by atoms with Crippen LogP contribution >= 0.6 is 11.6 Å². The van der Waals surface area contributed by atoms with E-state index in [4.69, 9.17) is 11.6 Å². The molecule has 0 bridgehead atoms. The monoisotopic (exact) mass is 385 g/mol. The molecule has 6 heteroatoms. The lowest BCUT2D eigenvalue weighted by atomic mass is 10.1. The summed E-state index contributed by atoms with van der Waals surface area (Å²) in [5.41, 5.74) is 2.83.